The second kappa shape index (κ2) is 6.36. The summed E-state index contributed by atoms with van der Waals surface area (Å²) in [5, 5.41) is 0. The number of rotatable bonds is 3. The first-order chi connectivity index (χ1) is 12.1. The van der Waals surface area contributed by atoms with Gasteiger partial charge >= 0.3 is 0 Å². The van der Waals surface area contributed by atoms with Gasteiger partial charge in [-0.05, 0) is 48.1 Å². The van der Waals surface area contributed by atoms with Crippen LogP contribution in [0, 0.1) is 0 Å². The van der Waals surface area contributed by atoms with Gasteiger partial charge in [-0.15, -0.1) is 0 Å². The van der Waals surface area contributed by atoms with Crippen LogP contribution in [0.15, 0.2) is 42.5 Å². The molecule has 128 valence electrons. The summed E-state index contributed by atoms with van der Waals surface area (Å²) in [6, 6.07) is 14.0. The Bertz CT molecular complexity index is 812. The number of carbonyl (C=O) groups excluding carboxylic acids is 2. The normalized spacial score (nSPS) is 15.7. The van der Waals surface area contributed by atoms with E-state index in [1.165, 1.54) is 0 Å². The Labute approximate surface area is 148 Å². The molecule has 0 saturated carbocycles. The predicted molar refractivity (Wildman–Crippen MR) is 97.7 cm³/mol. The van der Waals surface area contributed by atoms with Gasteiger partial charge in [-0.2, -0.15) is 0 Å². The van der Waals surface area contributed by atoms with Gasteiger partial charge in [0.25, 0.3) is 5.91 Å². The molecule has 4 nitrogen and oxygen atoms in total. The Hall–Kier alpha value is -2.62. The lowest BCUT2D eigenvalue weighted by Gasteiger charge is -2.35. The zero-order valence-corrected chi connectivity index (χ0v) is 14.5. The molecular formula is C21H22N2O2. The summed E-state index contributed by atoms with van der Waals surface area (Å²) in [4.78, 5) is 28.7. The smallest absolute Gasteiger partial charge is 0.253 e. The molecule has 0 aliphatic carbocycles. The molecule has 2 aliphatic heterocycles. The maximum atomic E-state index is 12.9. The molecule has 4 heteroatoms. The third kappa shape index (κ3) is 2.93. The van der Waals surface area contributed by atoms with Gasteiger partial charge in [-0.1, -0.05) is 30.3 Å². The minimum atomic E-state index is 0.0388. The van der Waals surface area contributed by atoms with Crippen LogP contribution in [0.2, 0.25) is 0 Å². The summed E-state index contributed by atoms with van der Waals surface area (Å²) in [6.45, 7) is 1.40. The first-order valence-electron chi connectivity index (χ1n) is 8.89. The molecule has 0 bridgehead atoms. The average Bonchev–Trinajstić information content (AvgIpc) is 2.64. The number of hydrogen-bond donors (Lipinski definition) is 0. The van der Waals surface area contributed by atoms with E-state index in [1.54, 1.807) is 4.90 Å². The van der Waals surface area contributed by atoms with Gasteiger partial charge in [0.2, 0.25) is 5.91 Å². The van der Waals surface area contributed by atoms with Crippen LogP contribution in [0.5, 0.6) is 0 Å². The van der Waals surface area contributed by atoms with Crippen molar-refractivity contribution in [1.82, 2.24) is 4.90 Å². The summed E-state index contributed by atoms with van der Waals surface area (Å²) < 4.78 is 0. The van der Waals surface area contributed by atoms with Crippen molar-refractivity contribution < 1.29 is 9.59 Å². The minimum absolute atomic E-state index is 0.0388. The highest BCUT2D eigenvalue weighted by atomic mass is 16.2. The fraction of sp³-hybridized carbons (Fsp3) is 0.333. The first kappa shape index (κ1) is 15.9. The lowest BCUT2D eigenvalue weighted by molar-refractivity contribution is -0.119. The molecule has 2 amide bonds. The first-order valence-corrected chi connectivity index (χ1v) is 8.89. The number of carbonyl (C=O) groups is 2. The van der Waals surface area contributed by atoms with Crippen molar-refractivity contribution in [3.05, 3.63) is 64.7 Å². The molecule has 4 rings (SSSR count). The van der Waals surface area contributed by atoms with Crippen LogP contribution in [-0.2, 0) is 24.2 Å². The van der Waals surface area contributed by atoms with Gasteiger partial charge in [0.15, 0.2) is 0 Å². The van der Waals surface area contributed by atoms with E-state index in [-0.39, 0.29) is 11.8 Å². The molecule has 25 heavy (non-hydrogen) atoms. The largest absolute Gasteiger partial charge is 0.337 e. The fourth-order valence-electron chi connectivity index (χ4n) is 3.93. The Morgan fingerprint density at radius 1 is 1.08 bits per heavy atom. The third-order valence-corrected chi connectivity index (χ3v) is 5.13. The van der Waals surface area contributed by atoms with Crippen LogP contribution >= 0.6 is 0 Å². The monoisotopic (exact) mass is 334 g/mol. The Morgan fingerprint density at radius 2 is 1.80 bits per heavy atom. The number of benzene rings is 2. The van der Waals surface area contributed by atoms with Crippen molar-refractivity contribution in [2.75, 3.05) is 18.5 Å². The molecule has 0 atom stereocenters. The van der Waals surface area contributed by atoms with E-state index in [0.717, 1.165) is 53.7 Å². The summed E-state index contributed by atoms with van der Waals surface area (Å²) >= 11 is 0. The molecule has 0 spiro atoms. The number of hydrogen-bond acceptors (Lipinski definition) is 2. The average molecular weight is 334 g/mol. The van der Waals surface area contributed by atoms with Gasteiger partial charge in [-0.25, -0.2) is 0 Å². The van der Waals surface area contributed by atoms with Crippen molar-refractivity contribution in [2.24, 2.45) is 0 Å². The number of amides is 2. The second-order valence-corrected chi connectivity index (χ2v) is 6.94. The van der Waals surface area contributed by atoms with Crippen molar-refractivity contribution in [2.45, 2.75) is 32.2 Å². The zero-order valence-electron chi connectivity index (χ0n) is 14.5. The lowest BCUT2D eigenvalue weighted by Crippen LogP contribution is -2.39. The van der Waals surface area contributed by atoms with Crippen molar-refractivity contribution in [3.8, 4) is 0 Å². The van der Waals surface area contributed by atoms with Crippen LogP contribution in [0.25, 0.3) is 0 Å². The third-order valence-electron chi connectivity index (χ3n) is 5.13. The van der Waals surface area contributed by atoms with E-state index in [2.05, 4.69) is 0 Å². The standard InChI is InChI=1S/C21H22N2O2/c1-22(14-15-6-3-2-4-7-15)21(25)18-12-16-8-5-11-23-19(24)10-9-17(13-18)20(16)23/h2-4,6-7,12-13H,5,8-11,14H2,1H3. The Balaban J connectivity index is 1.63. The van der Waals surface area contributed by atoms with E-state index in [0.29, 0.717) is 13.0 Å². The van der Waals surface area contributed by atoms with Crippen LogP contribution in [0.3, 0.4) is 0 Å². The van der Waals surface area contributed by atoms with Gasteiger partial charge in [0, 0.05) is 32.1 Å². The quantitative estimate of drug-likeness (QED) is 0.865. The van der Waals surface area contributed by atoms with E-state index in [9.17, 15) is 9.59 Å². The summed E-state index contributed by atoms with van der Waals surface area (Å²) in [5.41, 5.74) is 5.23. The molecule has 2 aliphatic rings. The highest BCUT2D eigenvalue weighted by Gasteiger charge is 2.30. The molecule has 2 heterocycles. The van der Waals surface area contributed by atoms with E-state index in [1.807, 2.05) is 54.4 Å². The topological polar surface area (TPSA) is 40.6 Å². The molecule has 0 fully saturated rings. The molecule has 0 aromatic heterocycles. The van der Waals surface area contributed by atoms with Gasteiger partial charge in [0.05, 0.1) is 5.69 Å². The molecule has 2 aromatic carbocycles. The van der Waals surface area contributed by atoms with Crippen molar-refractivity contribution >= 4 is 17.5 Å². The Kier molecular flexibility index (Phi) is 4.04. The van der Waals surface area contributed by atoms with E-state index < -0.39 is 0 Å². The van der Waals surface area contributed by atoms with Crippen LogP contribution < -0.4 is 4.90 Å². The molecule has 0 saturated heterocycles. The second-order valence-electron chi connectivity index (χ2n) is 6.94. The molecule has 2 aromatic rings. The molecule has 0 radical (unpaired) electrons. The van der Waals surface area contributed by atoms with E-state index in [4.69, 9.17) is 0 Å². The summed E-state index contributed by atoms with van der Waals surface area (Å²) in [7, 11) is 1.84. The molecule has 0 unspecified atom stereocenters. The maximum absolute atomic E-state index is 12.9. The van der Waals surface area contributed by atoms with Gasteiger partial charge < -0.3 is 9.80 Å². The van der Waals surface area contributed by atoms with E-state index >= 15 is 0 Å². The van der Waals surface area contributed by atoms with Gasteiger partial charge in [0.1, 0.15) is 0 Å². The van der Waals surface area contributed by atoms with Crippen molar-refractivity contribution in [3.63, 3.8) is 0 Å². The zero-order chi connectivity index (χ0) is 17.4. The van der Waals surface area contributed by atoms with Crippen LogP contribution in [-0.4, -0.2) is 30.3 Å². The number of nitrogens with zero attached hydrogens (tertiary/aromatic N) is 2. The predicted octanol–water partition coefficient (Wildman–Crippen LogP) is 3.18. The summed E-state index contributed by atoms with van der Waals surface area (Å²) in [5.74, 6) is 0.255. The highest BCUT2D eigenvalue weighted by Crippen LogP contribution is 2.36. The van der Waals surface area contributed by atoms with Crippen molar-refractivity contribution in [1.29, 1.82) is 0 Å². The number of aryl methyl sites for hydroxylation is 2. The molecular weight excluding hydrogens is 312 g/mol. The Morgan fingerprint density at radius 3 is 2.56 bits per heavy atom. The highest BCUT2D eigenvalue weighted by molar-refractivity contribution is 6.00. The lowest BCUT2D eigenvalue weighted by atomic mass is 9.89. The van der Waals surface area contributed by atoms with Crippen LogP contribution in [0.1, 0.15) is 39.9 Å². The number of anilines is 1. The summed E-state index contributed by atoms with van der Waals surface area (Å²) in [6.07, 6.45) is 3.19. The SMILES string of the molecule is CN(Cc1ccccc1)C(=O)c1cc2c3c(c1)CCC(=O)N3CCC2. The van der Waals surface area contributed by atoms with Gasteiger partial charge in [-0.3, -0.25) is 9.59 Å². The van der Waals surface area contributed by atoms with Crippen LogP contribution in [0.4, 0.5) is 5.69 Å². The maximum Gasteiger partial charge on any atom is 0.253 e. The minimum Gasteiger partial charge on any atom is -0.337 e. The molecule has 0 N–H and O–H groups in total. The fourth-order valence-corrected chi connectivity index (χ4v) is 3.93.